The first-order chi connectivity index (χ1) is 8.08. The highest BCUT2D eigenvalue weighted by Gasteiger charge is 2.12. The number of hydrogen-bond donors (Lipinski definition) is 1. The van der Waals surface area contributed by atoms with Gasteiger partial charge in [0.05, 0.1) is 24.1 Å². The number of rotatable bonds is 3. The highest BCUT2D eigenvalue weighted by molar-refractivity contribution is 9.10. The second-order valence-corrected chi connectivity index (χ2v) is 4.61. The monoisotopic (exact) mass is 294 g/mol. The van der Waals surface area contributed by atoms with Gasteiger partial charge in [0.2, 0.25) is 0 Å². The Bertz CT molecular complexity index is 546. The maximum atomic E-state index is 10.8. The molecule has 1 N–H and O–H groups in total. The third kappa shape index (κ3) is 2.55. The van der Waals surface area contributed by atoms with Crippen LogP contribution in [-0.2, 0) is 11.2 Å². The molecule has 4 nitrogen and oxygen atoms in total. The molecule has 0 aliphatic carbocycles. The predicted molar refractivity (Wildman–Crippen MR) is 67.3 cm³/mol. The van der Waals surface area contributed by atoms with Crippen LogP contribution < -0.4 is 0 Å². The van der Waals surface area contributed by atoms with E-state index in [4.69, 9.17) is 5.11 Å². The number of aliphatic carboxylic acids is 1. The molecule has 0 atom stereocenters. The standard InChI is InChI=1S/C12H11BrN2O2/c1-8-11(6-12(16)17)15(7-14-8)10-4-2-9(13)3-5-10/h2-5,7H,6H2,1H3,(H,16,17). The quantitative estimate of drug-likeness (QED) is 0.947. The molecule has 0 aliphatic rings. The predicted octanol–water partition coefficient (Wildman–Crippen LogP) is 2.57. The van der Waals surface area contributed by atoms with Crippen molar-refractivity contribution in [2.45, 2.75) is 13.3 Å². The number of aromatic nitrogens is 2. The summed E-state index contributed by atoms with van der Waals surface area (Å²) in [5.41, 5.74) is 2.36. The normalized spacial score (nSPS) is 10.5. The van der Waals surface area contributed by atoms with E-state index in [1.165, 1.54) is 0 Å². The minimum absolute atomic E-state index is 0.0259. The summed E-state index contributed by atoms with van der Waals surface area (Å²) in [5.74, 6) is -0.855. The van der Waals surface area contributed by atoms with Gasteiger partial charge in [0, 0.05) is 10.2 Å². The van der Waals surface area contributed by atoms with Crippen LogP contribution in [0.1, 0.15) is 11.4 Å². The van der Waals surface area contributed by atoms with Crippen LogP contribution in [-0.4, -0.2) is 20.6 Å². The fourth-order valence-electron chi connectivity index (χ4n) is 1.64. The Balaban J connectivity index is 2.45. The average Bonchev–Trinajstić information content (AvgIpc) is 2.61. The van der Waals surface area contributed by atoms with Crippen molar-refractivity contribution in [2.75, 3.05) is 0 Å². The summed E-state index contributed by atoms with van der Waals surface area (Å²) in [6.45, 7) is 1.81. The van der Waals surface area contributed by atoms with Gasteiger partial charge in [-0.15, -0.1) is 0 Å². The van der Waals surface area contributed by atoms with Gasteiger partial charge in [-0.1, -0.05) is 15.9 Å². The van der Waals surface area contributed by atoms with Crippen LogP contribution in [0.2, 0.25) is 0 Å². The van der Waals surface area contributed by atoms with E-state index in [0.29, 0.717) is 5.69 Å². The number of carbonyl (C=O) groups is 1. The molecule has 1 heterocycles. The second-order valence-electron chi connectivity index (χ2n) is 3.69. The molecule has 0 spiro atoms. The molecule has 88 valence electrons. The third-order valence-corrected chi connectivity index (χ3v) is 3.03. The van der Waals surface area contributed by atoms with Crippen LogP contribution in [0.25, 0.3) is 5.69 Å². The van der Waals surface area contributed by atoms with Crippen molar-refractivity contribution in [3.05, 3.63) is 46.5 Å². The van der Waals surface area contributed by atoms with Crippen molar-refractivity contribution < 1.29 is 9.90 Å². The van der Waals surface area contributed by atoms with Crippen molar-refractivity contribution in [1.29, 1.82) is 0 Å². The van der Waals surface area contributed by atoms with Gasteiger partial charge >= 0.3 is 5.97 Å². The highest BCUT2D eigenvalue weighted by atomic mass is 79.9. The average molecular weight is 295 g/mol. The molecule has 1 aromatic carbocycles. The van der Waals surface area contributed by atoms with Crippen LogP contribution in [0.15, 0.2) is 35.1 Å². The maximum Gasteiger partial charge on any atom is 0.309 e. The SMILES string of the molecule is Cc1ncn(-c2ccc(Br)cc2)c1CC(=O)O. The van der Waals surface area contributed by atoms with E-state index < -0.39 is 5.97 Å². The van der Waals surface area contributed by atoms with Gasteiger partial charge in [0.1, 0.15) is 0 Å². The lowest BCUT2D eigenvalue weighted by Crippen LogP contribution is -2.07. The number of aryl methyl sites for hydroxylation is 1. The van der Waals surface area contributed by atoms with Gasteiger partial charge in [-0.2, -0.15) is 0 Å². The molecule has 2 rings (SSSR count). The van der Waals surface area contributed by atoms with Crippen LogP contribution in [0, 0.1) is 6.92 Å². The lowest BCUT2D eigenvalue weighted by Gasteiger charge is -2.07. The Hall–Kier alpha value is -1.62. The van der Waals surface area contributed by atoms with Gasteiger partial charge in [-0.25, -0.2) is 4.98 Å². The maximum absolute atomic E-state index is 10.8. The van der Waals surface area contributed by atoms with Crippen molar-refractivity contribution in [3.63, 3.8) is 0 Å². The van der Waals surface area contributed by atoms with Crippen LogP contribution in [0.5, 0.6) is 0 Å². The van der Waals surface area contributed by atoms with Crippen LogP contribution in [0.3, 0.4) is 0 Å². The molecular formula is C12H11BrN2O2. The van der Waals surface area contributed by atoms with Gasteiger partial charge in [0.25, 0.3) is 0 Å². The lowest BCUT2D eigenvalue weighted by molar-refractivity contribution is -0.136. The number of imidazole rings is 1. The third-order valence-electron chi connectivity index (χ3n) is 2.50. The van der Waals surface area contributed by atoms with E-state index >= 15 is 0 Å². The number of benzene rings is 1. The van der Waals surface area contributed by atoms with Crippen molar-refractivity contribution in [3.8, 4) is 5.69 Å². The van der Waals surface area contributed by atoms with Gasteiger partial charge in [-0.3, -0.25) is 4.79 Å². The summed E-state index contributed by atoms with van der Waals surface area (Å²) in [7, 11) is 0. The van der Waals surface area contributed by atoms with Gasteiger partial charge in [-0.05, 0) is 31.2 Å². The van der Waals surface area contributed by atoms with E-state index in [0.717, 1.165) is 15.9 Å². The molecule has 0 bridgehead atoms. The molecule has 17 heavy (non-hydrogen) atoms. The minimum Gasteiger partial charge on any atom is -0.481 e. The number of carboxylic acid groups (broad SMARTS) is 1. The molecule has 0 unspecified atom stereocenters. The second kappa shape index (κ2) is 4.71. The summed E-state index contributed by atoms with van der Waals surface area (Å²) in [6.07, 6.45) is 1.62. The summed E-state index contributed by atoms with van der Waals surface area (Å²) < 4.78 is 2.79. The van der Waals surface area contributed by atoms with Crippen LogP contribution in [0.4, 0.5) is 0 Å². The zero-order valence-corrected chi connectivity index (χ0v) is 10.8. The molecule has 0 aliphatic heterocycles. The first-order valence-corrected chi connectivity index (χ1v) is 5.88. The smallest absolute Gasteiger partial charge is 0.309 e. The first-order valence-electron chi connectivity index (χ1n) is 5.08. The first kappa shape index (κ1) is 11.9. The Morgan fingerprint density at radius 3 is 2.65 bits per heavy atom. The van der Waals surface area contributed by atoms with Crippen molar-refractivity contribution in [2.24, 2.45) is 0 Å². The summed E-state index contributed by atoms with van der Waals surface area (Å²) in [5, 5.41) is 8.88. The molecule has 1 aromatic heterocycles. The van der Waals surface area contributed by atoms with E-state index in [9.17, 15) is 4.79 Å². The lowest BCUT2D eigenvalue weighted by atomic mass is 10.2. The minimum atomic E-state index is -0.855. The van der Waals surface area contributed by atoms with E-state index in [2.05, 4.69) is 20.9 Å². The molecular weight excluding hydrogens is 284 g/mol. The zero-order chi connectivity index (χ0) is 12.4. The molecule has 5 heteroatoms. The molecule has 0 amide bonds. The Morgan fingerprint density at radius 1 is 1.41 bits per heavy atom. The van der Waals surface area contributed by atoms with Crippen molar-refractivity contribution >= 4 is 21.9 Å². The largest absolute Gasteiger partial charge is 0.481 e. The van der Waals surface area contributed by atoms with E-state index in [1.54, 1.807) is 10.9 Å². The van der Waals surface area contributed by atoms with Crippen molar-refractivity contribution in [1.82, 2.24) is 9.55 Å². The van der Waals surface area contributed by atoms with Crippen LogP contribution >= 0.6 is 15.9 Å². The summed E-state index contributed by atoms with van der Waals surface area (Å²) in [4.78, 5) is 15.0. The molecule has 0 saturated carbocycles. The number of halogens is 1. The van der Waals surface area contributed by atoms with Gasteiger partial charge in [0.15, 0.2) is 0 Å². The van der Waals surface area contributed by atoms with E-state index in [1.807, 2.05) is 31.2 Å². The zero-order valence-electron chi connectivity index (χ0n) is 9.22. The Kier molecular flexibility index (Phi) is 3.28. The molecule has 0 saturated heterocycles. The fraction of sp³-hybridized carbons (Fsp3) is 0.167. The molecule has 0 fully saturated rings. The Labute approximate surface area is 107 Å². The molecule has 2 aromatic rings. The number of nitrogens with zero attached hydrogens (tertiary/aromatic N) is 2. The topological polar surface area (TPSA) is 55.1 Å². The molecule has 0 radical (unpaired) electrons. The van der Waals surface area contributed by atoms with Gasteiger partial charge < -0.3 is 9.67 Å². The Morgan fingerprint density at radius 2 is 2.06 bits per heavy atom. The number of carboxylic acids is 1. The number of hydrogen-bond acceptors (Lipinski definition) is 2. The van der Waals surface area contributed by atoms with E-state index in [-0.39, 0.29) is 6.42 Å². The summed E-state index contributed by atoms with van der Waals surface area (Å²) >= 11 is 3.36. The highest BCUT2D eigenvalue weighted by Crippen LogP contribution is 2.18. The fourth-order valence-corrected chi connectivity index (χ4v) is 1.91. The summed E-state index contributed by atoms with van der Waals surface area (Å²) in [6, 6.07) is 7.65.